The van der Waals surface area contributed by atoms with Gasteiger partial charge in [0.1, 0.15) is 5.75 Å². The number of rotatable bonds is 7. The molecule has 1 aromatic rings. The lowest BCUT2D eigenvalue weighted by Gasteiger charge is -2.12. The van der Waals surface area contributed by atoms with E-state index in [1.807, 2.05) is 24.3 Å². The molecule has 0 saturated heterocycles. The first-order valence-electron chi connectivity index (χ1n) is 5.67. The maximum Gasteiger partial charge on any atom is 0.119 e. The molecule has 1 N–H and O–H groups in total. The van der Waals surface area contributed by atoms with Crippen molar-refractivity contribution in [3.63, 3.8) is 0 Å². The Hall–Kier alpha value is -1.06. The van der Waals surface area contributed by atoms with Gasteiger partial charge in [0.15, 0.2) is 0 Å². The van der Waals surface area contributed by atoms with Crippen molar-refractivity contribution in [2.45, 2.75) is 25.9 Å². The average Bonchev–Trinajstić information content (AvgIpc) is 2.34. The number of aliphatic hydroxyl groups excluding tert-OH is 1. The summed E-state index contributed by atoms with van der Waals surface area (Å²) in [5, 5.41) is 9.90. The van der Waals surface area contributed by atoms with Gasteiger partial charge >= 0.3 is 0 Å². The standard InChI is InChI=1S/C13H20O3/c1-3-8-16-9-7-13(14)11-5-4-6-12(10-11)15-2/h4-6,10,13-14H,3,7-9H2,1-2H3. The fourth-order valence-electron chi connectivity index (χ4n) is 1.46. The molecule has 0 heterocycles. The molecule has 3 heteroatoms. The summed E-state index contributed by atoms with van der Waals surface area (Å²) in [6.07, 6.45) is 1.15. The first-order chi connectivity index (χ1) is 7.77. The van der Waals surface area contributed by atoms with Crippen molar-refractivity contribution in [3.05, 3.63) is 29.8 Å². The van der Waals surface area contributed by atoms with Gasteiger partial charge in [-0.3, -0.25) is 0 Å². The summed E-state index contributed by atoms with van der Waals surface area (Å²) < 4.78 is 10.4. The van der Waals surface area contributed by atoms with E-state index in [1.54, 1.807) is 7.11 Å². The molecule has 0 aliphatic carbocycles. The summed E-state index contributed by atoms with van der Waals surface area (Å²) >= 11 is 0. The molecule has 0 amide bonds. The van der Waals surface area contributed by atoms with E-state index < -0.39 is 6.10 Å². The molecule has 0 aliphatic heterocycles. The fourth-order valence-corrected chi connectivity index (χ4v) is 1.46. The van der Waals surface area contributed by atoms with E-state index in [0.29, 0.717) is 13.0 Å². The van der Waals surface area contributed by atoms with Crippen molar-refractivity contribution in [2.24, 2.45) is 0 Å². The second-order valence-electron chi connectivity index (χ2n) is 3.69. The lowest BCUT2D eigenvalue weighted by molar-refractivity contribution is 0.0821. The number of hydrogen-bond acceptors (Lipinski definition) is 3. The quantitative estimate of drug-likeness (QED) is 0.723. The minimum atomic E-state index is -0.480. The molecule has 1 rings (SSSR count). The highest BCUT2D eigenvalue weighted by atomic mass is 16.5. The van der Waals surface area contributed by atoms with Crippen molar-refractivity contribution in [2.75, 3.05) is 20.3 Å². The highest BCUT2D eigenvalue weighted by Crippen LogP contribution is 2.21. The summed E-state index contributed by atoms with van der Waals surface area (Å²) in [6, 6.07) is 7.49. The molecule has 0 radical (unpaired) electrons. The van der Waals surface area contributed by atoms with E-state index in [0.717, 1.165) is 24.3 Å². The van der Waals surface area contributed by atoms with E-state index >= 15 is 0 Å². The summed E-state index contributed by atoms with van der Waals surface area (Å²) in [6.45, 7) is 3.41. The Bertz CT molecular complexity index is 299. The van der Waals surface area contributed by atoms with Crippen LogP contribution in [-0.2, 0) is 4.74 Å². The second-order valence-corrected chi connectivity index (χ2v) is 3.69. The lowest BCUT2D eigenvalue weighted by atomic mass is 10.1. The lowest BCUT2D eigenvalue weighted by Crippen LogP contribution is -2.04. The normalized spacial score (nSPS) is 12.4. The van der Waals surface area contributed by atoms with Gasteiger partial charge in [-0.2, -0.15) is 0 Å². The minimum absolute atomic E-state index is 0.480. The molecule has 0 spiro atoms. The molecule has 0 aromatic heterocycles. The molecule has 90 valence electrons. The zero-order valence-electron chi connectivity index (χ0n) is 9.98. The van der Waals surface area contributed by atoms with Crippen molar-refractivity contribution in [1.82, 2.24) is 0 Å². The van der Waals surface area contributed by atoms with Crippen LogP contribution in [0.5, 0.6) is 5.75 Å². The topological polar surface area (TPSA) is 38.7 Å². The molecule has 3 nitrogen and oxygen atoms in total. The van der Waals surface area contributed by atoms with Gasteiger partial charge in [-0.05, 0) is 24.1 Å². The van der Waals surface area contributed by atoms with Crippen LogP contribution in [0.4, 0.5) is 0 Å². The van der Waals surface area contributed by atoms with E-state index in [4.69, 9.17) is 9.47 Å². The van der Waals surface area contributed by atoms with Crippen LogP contribution >= 0.6 is 0 Å². The summed E-state index contributed by atoms with van der Waals surface area (Å²) in [7, 11) is 1.62. The van der Waals surface area contributed by atoms with Crippen LogP contribution < -0.4 is 4.74 Å². The third kappa shape index (κ3) is 4.21. The Morgan fingerprint density at radius 2 is 2.12 bits per heavy atom. The number of methoxy groups -OCH3 is 1. The molecule has 16 heavy (non-hydrogen) atoms. The molecule has 0 saturated carbocycles. The van der Waals surface area contributed by atoms with Gasteiger partial charge in [0.25, 0.3) is 0 Å². The Morgan fingerprint density at radius 3 is 2.81 bits per heavy atom. The third-order valence-corrected chi connectivity index (χ3v) is 2.36. The van der Waals surface area contributed by atoms with E-state index in [9.17, 15) is 5.11 Å². The van der Waals surface area contributed by atoms with E-state index in [2.05, 4.69) is 6.92 Å². The Kier molecular flexibility index (Phi) is 5.90. The predicted octanol–water partition coefficient (Wildman–Crippen LogP) is 2.55. The summed E-state index contributed by atoms with van der Waals surface area (Å²) in [5.74, 6) is 0.769. The highest BCUT2D eigenvalue weighted by Gasteiger charge is 2.07. The van der Waals surface area contributed by atoms with Gasteiger partial charge in [0.2, 0.25) is 0 Å². The molecule has 1 unspecified atom stereocenters. The molecule has 0 bridgehead atoms. The summed E-state index contributed by atoms with van der Waals surface area (Å²) in [5.41, 5.74) is 0.874. The zero-order chi connectivity index (χ0) is 11.8. The first kappa shape index (κ1) is 13.0. The van der Waals surface area contributed by atoms with Crippen LogP contribution in [0, 0.1) is 0 Å². The predicted molar refractivity (Wildman–Crippen MR) is 63.7 cm³/mol. The Morgan fingerprint density at radius 1 is 1.31 bits per heavy atom. The molecule has 0 fully saturated rings. The van der Waals surface area contributed by atoms with Crippen LogP contribution in [0.25, 0.3) is 0 Å². The van der Waals surface area contributed by atoms with Gasteiger partial charge in [-0.15, -0.1) is 0 Å². The average molecular weight is 224 g/mol. The van der Waals surface area contributed by atoms with Crippen LogP contribution in [0.1, 0.15) is 31.4 Å². The van der Waals surface area contributed by atoms with Crippen molar-refractivity contribution in [3.8, 4) is 5.75 Å². The van der Waals surface area contributed by atoms with E-state index in [1.165, 1.54) is 0 Å². The zero-order valence-corrected chi connectivity index (χ0v) is 9.98. The summed E-state index contributed by atoms with van der Waals surface area (Å²) in [4.78, 5) is 0. The maximum atomic E-state index is 9.90. The van der Waals surface area contributed by atoms with Crippen LogP contribution in [-0.4, -0.2) is 25.4 Å². The smallest absolute Gasteiger partial charge is 0.119 e. The van der Waals surface area contributed by atoms with Crippen molar-refractivity contribution >= 4 is 0 Å². The molecular formula is C13H20O3. The number of ether oxygens (including phenoxy) is 2. The van der Waals surface area contributed by atoms with Crippen molar-refractivity contribution < 1.29 is 14.6 Å². The molecule has 1 aromatic carbocycles. The van der Waals surface area contributed by atoms with Gasteiger partial charge in [-0.1, -0.05) is 19.1 Å². The van der Waals surface area contributed by atoms with Gasteiger partial charge in [0.05, 0.1) is 13.2 Å². The Balaban J connectivity index is 2.42. The van der Waals surface area contributed by atoms with Crippen LogP contribution in [0.2, 0.25) is 0 Å². The minimum Gasteiger partial charge on any atom is -0.497 e. The van der Waals surface area contributed by atoms with Gasteiger partial charge < -0.3 is 14.6 Å². The molecule has 0 aliphatic rings. The van der Waals surface area contributed by atoms with E-state index in [-0.39, 0.29) is 0 Å². The van der Waals surface area contributed by atoms with Crippen LogP contribution in [0.15, 0.2) is 24.3 Å². The first-order valence-corrected chi connectivity index (χ1v) is 5.67. The largest absolute Gasteiger partial charge is 0.497 e. The number of benzene rings is 1. The molecule has 1 atom stereocenters. The van der Waals surface area contributed by atoms with Gasteiger partial charge in [-0.25, -0.2) is 0 Å². The number of aliphatic hydroxyl groups is 1. The second kappa shape index (κ2) is 7.25. The number of hydrogen-bond donors (Lipinski definition) is 1. The van der Waals surface area contributed by atoms with Crippen molar-refractivity contribution in [1.29, 1.82) is 0 Å². The van der Waals surface area contributed by atoms with Gasteiger partial charge in [0, 0.05) is 19.6 Å². The Labute approximate surface area is 97.0 Å². The highest BCUT2D eigenvalue weighted by molar-refractivity contribution is 5.29. The molecular weight excluding hydrogens is 204 g/mol. The maximum absolute atomic E-state index is 9.90. The van der Waals surface area contributed by atoms with Crippen LogP contribution in [0.3, 0.4) is 0 Å². The third-order valence-electron chi connectivity index (χ3n) is 2.36. The monoisotopic (exact) mass is 224 g/mol. The fraction of sp³-hybridized carbons (Fsp3) is 0.538. The SMILES string of the molecule is CCCOCCC(O)c1cccc(OC)c1.